The first-order valence-electron chi connectivity index (χ1n) is 7.00. The van der Waals surface area contributed by atoms with Crippen LogP contribution in [0, 0.1) is 0 Å². The molecule has 0 aliphatic carbocycles. The Kier molecular flexibility index (Phi) is 5.44. The number of rotatable bonds is 7. The van der Waals surface area contributed by atoms with Gasteiger partial charge in [0.2, 0.25) is 0 Å². The van der Waals surface area contributed by atoms with Crippen molar-refractivity contribution in [3.63, 3.8) is 0 Å². The van der Waals surface area contributed by atoms with Crippen molar-refractivity contribution in [2.24, 2.45) is 0 Å². The summed E-state index contributed by atoms with van der Waals surface area (Å²) in [4.78, 5) is 2.27. The minimum Gasteiger partial charge on any atom is -0.508 e. The lowest BCUT2D eigenvalue weighted by molar-refractivity contribution is 0.475. The lowest BCUT2D eigenvalue weighted by Crippen LogP contribution is -2.23. The maximum absolute atomic E-state index is 9.21. The van der Waals surface area contributed by atoms with E-state index in [9.17, 15) is 5.11 Å². The molecule has 0 amide bonds. The SMILES string of the molecule is CN(CCCNCc1ccc(O)cc1)c1ccccc1. The minimum atomic E-state index is 0.318. The summed E-state index contributed by atoms with van der Waals surface area (Å²) in [5, 5.41) is 12.6. The molecular formula is C17H22N2O. The third kappa shape index (κ3) is 4.59. The van der Waals surface area contributed by atoms with Gasteiger partial charge in [-0.3, -0.25) is 0 Å². The summed E-state index contributed by atoms with van der Waals surface area (Å²) in [5.41, 5.74) is 2.45. The van der Waals surface area contributed by atoms with Crippen molar-refractivity contribution < 1.29 is 5.11 Å². The van der Waals surface area contributed by atoms with E-state index in [0.717, 1.165) is 26.1 Å². The first-order chi connectivity index (χ1) is 9.75. The van der Waals surface area contributed by atoms with E-state index >= 15 is 0 Å². The second-order valence-corrected chi connectivity index (χ2v) is 4.95. The van der Waals surface area contributed by atoms with Gasteiger partial charge >= 0.3 is 0 Å². The summed E-state index contributed by atoms with van der Waals surface area (Å²) in [7, 11) is 2.12. The Labute approximate surface area is 120 Å². The zero-order chi connectivity index (χ0) is 14.2. The van der Waals surface area contributed by atoms with E-state index in [0.29, 0.717) is 5.75 Å². The number of anilines is 1. The molecule has 0 heterocycles. The summed E-state index contributed by atoms with van der Waals surface area (Å²) in [5.74, 6) is 0.318. The highest BCUT2D eigenvalue weighted by molar-refractivity contribution is 5.44. The van der Waals surface area contributed by atoms with E-state index in [1.54, 1.807) is 12.1 Å². The van der Waals surface area contributed by atoms with Crippen LogP contribution in [-0.4, -0.2) is 25.2 Å². The van der Waals surface area contributed by atoms with Crippen molar-refractivity contribution in [1.82, 2.24) is 5.32 Å². The molecule has 0 atom stereocenters. The largest absolute Gasteiger partial charge is 0.508 e. The monoisotopic (exact) mass is 270 g/mol. The second-order valence-electron chi connectivity index (χ2n) is 4.95. The Bertz CT molecular complexity index is 496. The Morgan fingerprint density at radius 3 is 2.40 bits per heavy atom. The van der Waals surface area contributed by atoms with E-state index < -0.39 is 0 Å². The molecule has 0 bridgehead atoms. The number of aromatic hydroxyl groups is 1. The number of nitrogens with zero attached hydrogens (tertiary/aromatic N) is 1. The number of nitrogens with one attached hydrogen (secondary N) is 1. The van der Waals surface area contributed by atoms with Crippen molar-refractivity contribution in [3.8, 4) is 5.75 Å². The average Bonchev–Trinajstić information content (AvgIpc) is 2.49. The summed E-state index contributed by atoms with van der Waals surface area (Å²) in [6.07, 6.45) is 1.10. The van der Waals surface area contributed by atoms with Crippen molar-refractivity contribution in [2.75, 3.05) is 25.0 Å². The lowest BCUT2D eigenvalue weighted by atomic mass is 10.2. The zero-order valence-electron chi connectivity index (χ0n) is 11.9. The molecule has 106 valence electrons. The molecule has 2 aromatic carbocycles. The van der Waals surface area contributed by atoms with Crippen molar-refractivity contribution in [3.05, 3.63) is 60.2 Å². The van der Waals surface area contributed by atoms with Gasteiger partial charge in [-0.15, -0.1) is 0 Å². The highest BCUT2D eigenvalue weighted by Gasteiger charge is 1.99. The highest BCUT2D eigenvalue weighted by atomic mass is 16.3. The molecule has 0 unspecified atom stereocenters. The van der Waals surface area contributed by atoms with Gasteiger partial charge in [-0.05, 0) is 42.8 Å². The number of hydrogen-bond donors (Lipinski definition) is 2. The van der Waals surface area contributed by atoms with Gasteiger partial charge in [-0.25, -0.2) is 0 Å². The van der Waals surface area contributed by atoms with Crippen LogP contribution in [0.3, 0.4) is 0 Å². The lowest BCUT2D eigenvalue weighted by Gasteiger charge is -2.19. The van der Waals surface area contributed by atoms with Gasteiger partial charge in [0.1, 0.15) is 5.75 Å². The van der Waals surface area contributed by atoms with Crippen LogP contribution in [0.2, 0.25) is 0 Å². The van der Waals surface area contributed by atoms with Crippen LogP contribution < -0.4 is 10.2 Å². The number of phenolic OH excluding ortho intramolecular Hbond substituents is 1. The maximum Gasteiger partial charge on any atom is 0.115 e. The van der Waals surface area contributed by atoms with Gasteiger partial charge in [-0.2, -0.15) is 0 Å². The van der Waals surface area contributed by atoms with Crippen molar-refractivity contribution >= 4 is 5.69 Å². The van der Waals surface area contributed by atoms with Crippen LogP contribution in [0.1, 0.15) is 12.0 Å². The van der Waals surface area contributed by atoms with Gasteiger partial charge in [0.15, 0.2) is 0 Å². The van der Waals surface area contributed by atoms with E-state index in [-0.39, 0.29) is 0 Å². The molecule has 0 aromatic heterocycles. The van der Waals surface area contributed by atoms with Crippen LogP contribution in [0.5, 0.6) is 5.75 Å². The van der Waals surface area contributed by atoms with Gasteiger partial charge in [0.05, 0.1) is 0 Å². The van der Waals surface area contributed by atoms with E-state index in [1.165, 1.54) is 11.3 Å². The number of benzene rings is 2. The number of phenols is 1. The van der Waals surface area contributed by atoms with E-state index in [2.05, 4.69) is 41.5 Å². The first kappa shape index (κ1) is 14.4. The fraction of sp³-hybridized carbons (Fsp3) is 0.294. The Balaban J connectivity index is 1.63. The summed E-state index contributed by atoms with van der Waals surface area (Å²) < 4.78 is 0. The molecule has 2 aromatic rings. The molecule has 0 aliphatic rings. The van der Waals surface area contributed by atoms with Gasteiger partial charge in [0, 0.05) is 25.8 Å². The molecule has 0 aliphatic heterocycles. The molecule has 20 heavy (non-hydrogen) atoms. The average molecular weight is 270 g/mol. The predicted octanol–water partition coefficient (Wildman–Crippen LogP) is 3.01. The Morgan fingerprint density at radius 1 is 1.00 bits per heavy atom. The molecule has 3 nitrogen and oxygen atoms in total. The zero-order valence-corrected chi connectivity index (χ0v) is 11.9. The quantitative estimate of drug-likeness (QED) is 0.759. The van der Waals surface area contributed by atoms with Crippen LogP contribution in [0.25, 0.3) is 0 Å². The topological polar surface area (TPSA) is 35.5 Å². The van der Waals surface area contributed by atoms with Crippen LogP contribution in [-0.2, 0) is 6.54 Å². The molecule has 0 fully saturated rings. The fourth-order valence-electron chi connectivity index (χ4n) is 2.10. The first-order valence-corrected chi connectivity index (χ1v) is 7.00. The summed E-state index contributed by atoms with van der Waals surface area (Å²) >= 11 is 0. The third-order valence-corrected chi connectivity index (χ3v) is 3.31. The maximum atomic E-state index is 9.21. The predicted molar refractivity (Wildman–Crippen MR) is 84.1 cm³/mol. The molecule has 2 rings (SSSR count). The van der Waals surface area contributed by atoms with Crippen molar-refractivity contribution in [1.29, 1.82) is 0 Å². The normalized spacial score (nSPS) is 10.4. The minimum absolute atomic E-state index is 0.318. The number of para-hydroxylation sites is 1. The molecular weight excluding hydrogens is 248 g/mol. The fourth-order valence-corrected chi connectivity index (χ4v) is 2.10. The number of hydrogen-bond acceptors (Lipinski definition) is 3. The van der Waals surface area contributed by atoms with Crippen LogP contribution >= 0.6 is 0 Å². The molecule has 0 saturated carbocycles. The van der Waals surface area contributed by atoms with Gasteiger partial charge in [-0.1, -0.05) is 30.3 Å². The highest BCUT2D eigenvalue weighted by Crippen LogP contribution is 2.11. The summed E-state index contributed by atoms with van der Waals surface area (Å²) in [6.45, 7) is 2.86. The molecule has 0 spiro atoms. The van der Waals surface area contributed by atoms with Gasteiger partial charge in [0.25, 0.3) is 0 Å². The molecule has 0 saturated heterocycles. The smallest absolute Gasteiger partial charge is 0.115 e. The van der Waals surface area contributed by atoms with E-state index in [1.807, 2.05) is 18.2 Å². The van der Waals surface area contributed by atoms with Crippen molar-refractivity contribution in [2.45, 2.75) is 13.0 Å². The van der Waals surface area contributed by atoms with Crippen LogP contribution in [0.15, 0.2) is 54.6 Å². The standard InChI is InChI=1S/C17H22N2O/c1-19(16-6-3-2-4-7-16)13-5-12-18-14-15-8-10-17(20)11-9-15/h2-4,6-11,18,20H,5,12-14H2,1H3. The van der Waals surface area contributed by atoms with Gasteiger partial charge < -0.3 is 15.3 Å². The van der Waals surface area contributed by atoms with Crippen LogP contribution in [0.4, 0.5) is 5.69 Å². The second kappa shape index (κ2) is 7.56. The Morgan fingerprint density at radius 2 is 1.70 bits per heavy atom. The molecule has 2 N–H and O–H groups in total. The molecule has 3 heteroatoms. The Hall–Kier alpha value is -2.00. The summed E-state index contributed by atoms with van der Waals surface area (Å²) in [6, 6.07) is 17.8. The molecule has 0 radical (unpaired) electrons. The van der Waals surface area contributed by atoms with E-state index in [4.69, 9.17) is 0 Å². The third-order valence-electron chi connectivity index (χ3n) is 3.31.